The van der Waals surface area contributed by atoms with Crippen LogP contribution in [-0.4, -0.2) is 26.8 Å². The van der Waals surface area contributed by atoms with Crippen molar-refractivity contribution in [2.24, 2.45) is 0 Å². The summed E-state index contributed by atoms with van der Waals surface area (Å²) in [5, 5.41) is 18.8. The van der Waals surface area contributed by atoms with Crippen LogP contribution < -0.4 is 0 Å². The Hall–Kier alpha value is -6.31. The van der Waals surface area contributed by atoms with Crippen LogP contribution >= 0.6 is 34.0 Å². The van der Waals surface area contributed by atoms with Gasteiger partial charge in [-0.2, -0.15) is 5.26 Å². The lowest BCUT2D eigenvalue weighted by atomic mass is 10.0. The predicted molar refractivity (Wildman–Crippen MR) is 210 cm³/mol. The average Bonchev–Trinajstić information content (AvgIpc) is 3.99. The minimum atomic E-state index is -1.26. The number of thiophene rings is 3. The van der Waals surface area contributed by atoms with E-state index < -0.39 is 5.97 Å². The molecule has 1 aliphatic carbocycles. The van der Waals surface area contributed by atoms with Crippen LogP contribution in [0.4, 0.5) is 0 Å². The summed E-state index contributed by atoms with van der Waals surface area (Å²) in [4.78, 5) is 41.1. The van der Waals surface area contributed by atoms with Gasteiger partial charge in [0.15, 0.2) is 5.78 Å². The number of carbonyl (C=O) groups is 2. The van der Waals surface area contributed by atoms with Gasteiger partial charge in [-0.3, -0.25) is 4.79 Å². The Bertz CT molecular complexity index is 2810. The number of rotatable bonds is 7. The highest BCUT2D eigenvalue weighted by atomic mass is 32.1. The molecule has 0 saturated heterocycles. The highest BCUT2D eigenvalue weighted by molar-refractivity contribution is 7.28. The van der Waals surface area contributed by atoms with Crippen molar-refractivity contribution in [1.29, 1.82) is 5.26 Å². The first kappa shape index (κ1) is 31.7. The zero-order valence-corrected chi connectivity index (χ0v) is 29.5. The molecular weight excluding hydrogens is 703 g/mol. The van der Waals surface area contributed by atoms with Crippen molar-refractivity contribution in [2.75, 3.05) is 0 Å². The Morgan fingerprint density at radius 1 is 0.596 bits per heavy atom. The maximum atomic E-state index is 13.3. The monoisotopic (exact) mass is 725 g/mol. The van der Waals surface area contributed by atoms with Crippen molar-refractivity contribution < 1.29 is 14.7 Å². The topological polar surface area (TPSA) is 104 Å². The van der Waals surface area contributed by atoms with Crippen molar-refractivity contribution in [1.82, 2.24) is 9.97 Å². The molecule has 1 N–H and O–H groups in total. The van der Waals surface area contributed by atoms with Crippen molar-refractivity contribution in [3.05, 3.63) is 149 Å². The van der Waals surface area contributed by atoms with Gasteiger partial charge in [-0.05, 0) is 53.1 Å². The number of hydrogen-bond donors (Lipinski definition) is 1. The molecule has 1 aliphatic rings. The third kappa shape index (κ3) is 5.38. The number of aromatic nitrogens is 2. The van der Waals surface area contributed by atoms with Crippen LogP contribution in [0.1, 0.15) is 20.8 Å². The maximum Gasteiger partial charge on any atom is 0.346 e. The van der Waals surface area contributed by atoms with E-state index >= 15 is 0 Å². The van der Waals surface area contributed by atoms with E-state index in [4.69, 9.17) is 9.97 Å². The maximum absolute atomic E-state index is 13.3. The van der Waals surface area contributed by atoms with Crippen LogP contribution in [-0.2, 0) is 4.79 Å². The fraction of sp³-hybridized carbons (Fsp3) is 0. The lowest BCUT2D eigenvalue weighted by Gasteiger charge is -2.10. The van der Waals surface area contributed by atoms with Gasteiger partial charge < -0.3 is 5.11 Å². The molecule has 8 aromatic rings. The predicted octanol–water partition coefficient (Wildman–Crippen LogP) is 11.4. The molecule has 9 heteroatoms. The lowest BCUT2D eigenvalue weighted by molar-refractivity contribution is -0.132. The summed E-state index contributed by atoms with van der Waals surface area (Å²) in [5.74, 6) is -1.22. The van der Waals surface area contributed by atoms with Crippen LogP contribution in [0.3, 0.4) is 0 Å². The second-order valence-corrected chi connectivity index (χ2v) is 15.3. The number of nitrogens with zero attached hydrogens (tertiary/aromatic N) is 3. The molecule has 4 aromatic carbocycles. The molecule has 0 radical (unpaired) electrons. The van der Waals surface area contributed by atoms with Gasteiger partial charge in [-0.25, -0.2) is 14.8 Å². The fourth-order valence-corrected chi connectivity index (χ4v) is 9.87. The SMILES string of the molecule is N#C/C(=C\c1ccc(-c2sc(-c3ccc(-c4ccc5c(c4)C(=O)c4ccccc4-5)s3)c3nc(-c4ccccc4)c(-c4ccccc4)nc23)s1)C(=O)O. The number of aliphatic carboxylic acids is 1. The summed E-state index contributed by atoms with van der Waals surface area (Å²) in [7, 11) is 0. The number of carboxylic acids is 1. The number of fused-ring (bicyclic) bond motifs is 4. The summed E-state index contributed by atoms with van der Waals surface area (Å²) in [6.07, 6.45) is 1.40. The van der Waals surface area contributed by atoms with Gasteiger partial charge in [0, 0.05) is 41.8 Å². The summed E-state index contributed by atoms with van der Waals surface area (Å²) >= 11 is 4.63. The van der Waals surface area contributed by atoms with E-state index in [0.29, 0.717) is 10.4 Å². The number of ketones is 1. The molecule has 0 bridgehead atoms. The van der Waals surface area contributed by atoms with Crippen LogP contribution in [0.25, 0.3) is 80.7 Å². The summed E-state index contributed by atoms with van der Waals surface area (Å²) < 4.78 is 0. The van der Waals surface area contributed by atoms with Crippen molar-refractivity contribution in [3.63, 3.8) is 0 Å². The molecule has 0 atom stereocenters. The molecule has 246 valence electrons. The molecular formula is C43H23N3O3S3. The molecule has 0 saturated carbocycles. The second-order valence-electron chi connectivity index (χ2n) is 12.1. The standard InChI is InChI=1S/C43H23N3O3S3/c44-23-27(43(48)49)21-28-16-18-34(50-28)41-38-39(46-37(25-11-5-2-6-12-25)36(45-38)24-9-3-1-4-10-24)42(52-41)35-20-19-33(51-35)26-15-17-30-29-13-7-8-14-31(29)40(47)32(30)22-26/h1-22H,(H,48,49)/b27-21+. The molecule has 4 aromatic heterocycles. The Morgan fingerprint density at radius 3 is 1.79 bits per heavy atom. The van der Waals surface area contributed by atoms with Gasteiger partial charge in [-0.15, -0.1) is 34.0 Å². The first-order valence-corrected chi connectivity index (χ1v) is 18.7. The molecule has 0 fully saturated rings. The molecule has 4 heterocycles. The zero-order chi connectivity index (χ0) is 35.3. The van der Waals surface area contributed by atoms with Gasteiger partial charge in [0.1, 0.15) is 22.7 Å². The van der Waals surface area contributed by atoms with Crippen LogP contribution in [0.2, 0.25) is 0 Å². The van der Waals surface area contributed by atoms with Gasteiger partial charge >= 0.3 is 5.97 Å². The van der Waals surface area contributed by atoms with Crippen molar-refractivity contribution in [3.8, 4) is 69.7 Å². The molecule has 0 unspecified atom stereocenters. The van der Waals surface area contributed by atoms with Crippen LogP contribution in [0.5, 0.6) is 0 Å². The molecule has 6 nitrogen and oxygen atoms in total. The highest BCUT2D eigenvalue weighted by Crippen LogP contribution is 2.49. The quantitative estimate of drug-likeness (QED) is 0.130. The van der Waals surface area contributed by atoms with Crippen molar-refractivity contribution >= 4 is 62.9 Å². The third-order valence-electron chi connectivity index (χ3n) is 8.95. The van der Waals surface area contributed by atoms with E-state index in [0.717, 1.165) is 80.2 Å². The Kier molecular flexibility index (Phi) is 7.78. The zero-order valence-electron chi connectivity index (χ0n) is 27.0. The van der Waals surface area contributed by atoms with Gasteiger partial charge in [0.05, 0.1) is 21.1 Å². The minimum Gasteiger partial charge on any atom is -0.477 e. The number of hydrogen-bond acceptors (Lipinski definition) is 8. The first-order chi connectivity index (χ1) is 25.5. The summed E-state index contributed by atoms with van der Waals surface area (Å²) in [6, 6.07) is 43.7. The highest BCUT2D eigenvalue weighted by Gasteiger charge is 2.27. The normalized spacial score (nSPS) is 12.1. The van der Waals surface area contributed by atoms with Gasteiger partial charge in [-0.1, -0.05) is 97.1 Å². The Labute approximate surface area is 309 Å². The van der Waals surface area contributed by atoms with E-state index in [1.165, 1.54) is 17.4 Å². The number of benzene rings is 4. The molecule has 0 amide bonds. The second kappa shape index (κ2) is 12.8. The summed E-state index contributed by atoms with van der Waals surface area (Å²) in [6.45, 7) is 0. The average molecular weight is 726 g/mol. The van der Waals surface area contributed by atoms with E-state index in [1.807, 2.05) is 109 Å². The Balaban J connectivity index is 1.22. The molecule has 52 heavy (non-hydrogen) atoms. The van der Waals surface area contributed by atoms with Crippen LogP contribution in [0, 0.1) is 11.3 Å². The number of nitriles is 1. The van der Waals surface area contributed by atoms with Gasteiger partial charge in [0.2, 0.25) is 0 Å². The van der Waals surface area contributed by atoms with E-state index in [1.54, 1.807) is 28.7 Å². The fourth-order valence-electron chi connectivity index (χ4n) is 6.51. The number of carboxylic acid groups (broad SMARTS) is 1. The largest absolute Gasteiger partial charge is 0.477 e. The van der Waals surface area contributed by atoms with Crippen molar-refractivity contribution in [2.45, 2.75) is 0 Å². The smallest absolute Gasteiger partial charge is 0.346 e. The minimum absolute atomic E-state index is 0.0477. The van der Waals surface area contributed by atoms with Crippen LogP contribution in [0.15, 0.2) is 133 Å². The number of carbonyl (C=O) groups excluding carboxylic acids is 1. The molecule has 0 spiro atoms. The first-order valence-electron chi connectivity index (χ1n) is 16.3. The molecule has 0 aliphatic heterocycles. The van der Waals surface area contributed by atoms with E-state index in [-0.39, 0.29) is 11.4 Å². The summed E-state index contributed by atoms with van der Waals surface area (Å²) in [5.41, 5.74) is 8.96. The van der Waals surface area contributed by atoms with Gasteiger partial charge in [0.25, 0.3) is 0 Å². The molecule has 9 rings (SSSR count). The Morgan fingerprint density at radius 2 is 1.15 bits per heavy atom. The lowest BCUT2D eigenvalue weighted by Crippen LogP contribution is -1.96. The third-order valence-corrected chi connectivity index (χ3v) is 12.6. The van der Waals surface area contributed by atoms with E-state index in [2.05, 4.69) is 18.2 Å². The van der Waals surface area contributed by atoms with E-state index in [9.17, 15) is 20.0 Å².